The van der Waals surface area contributed by atoms with Gasteiger partial charge < -0.3 is 31.9 Å². The highest BCUT2D eigenvalue weighted by atomic mass is 32.1. The van der Waals surface area contributed by atoms with Crippen molar-refractivity contribution in [3.8, 4) is 39.2 Å². The van der Waals surface area contributed by atoms with Crippen LogP contribution in [0, 0.1) is 58.2 Å². The zero-order valence-corrected chi connectivity index (χ0v) is 33.7. The Kier molecular flexibility index (Phi) is 11.5. The zero-order valence-electron chi connectivity index (χ0n) is 32.1. The lowest BCUT2D eigenvalue weighted by Crippen LogP contribution is -2.50. The van der Waals surface area contributed by atoms with Gasteiger partial charge in [0.2, 0.25) is 0 Å². The summed E-state index contributed by atoms with van der Waals surface area (Å²) in [7, 11) is 3.76. The number of benzene rings is 1. The number of aliphatic hydroxyl groups is 1. The molecule has 4 aliphatic carbocycles. The molecule has 1 aromatic carbocycles. The molecule has 3 saturated carbocycles. The van der Waals surface area contributed by atoms with E-state index in [9.17, 15) is 15.0 Å². The highest BCUT2D eigenvalue weighted by Gasteiger charge is 2.61. The number of Topliss-reactive ketones (excluding diaryl/α,β-unsaturated/α-hetero) is 1. The van der Waals surface area contributed by atoms with E-state index in [2.05, 4.69) is 75.9 Å². The van der Waals surface area contributed by atoms with E-state index in [4.69, 9.17) is 5.73 Å². The van der Waals surface area contributed by atoms with Crippen molar-refractivity contribution in [1.29, 1.82) is 0 Å². The number of aromatic hydroxyl groups is 1. The number of phenolic OH excluding ortho intramolecular Hbond substituents is 1. The first-order valence-electron chi connectivity index (χ1n) is 19.6. The van der Waals surface area contributed by atoms with Crippen molar-refractivity contribution >= 4 is 40.1 Å². The Hall–Kier alpha value is -3.80. The Labute approximate surface area is 328 Å². The fourth-order valence-corrected chi connectivity index (χ4v) is 12.7. The number of ketones is 1. The number of aliphatic hydroxyl groups excluding tert-OH is 1. The molecule has 3 bridgehead atoms. The van der Waals surface area contributed by atoms with Gasteiger partial charge in [-0.3, -0.25) is 9.79 Å². The first-order chi connectivity index (χ1) is 26.0. The average molecular weight is 766 g/mol. The van der Waals surface area contributed by atoms with Gasteiger partial charge >= 0.3 is 0 Å². The maximum Gasteiger partial charge on any atom is 0.188 e. The fraction of sp³-hybridized carbons (Fsp3) is 0.545. The van der Waals surface area contributed by atoms with E-state index >= 15 is 0 Å². The second kappa shape index (κ2) is 16.1. The van der Waals surface area contributed by atoms with Crippen LogP contribution >= 0.6 is 22.7 Å². The van der Waals surface area contributed by atoms with Crippen molar-refractivity contribution in [3.05, 3.63) is 57.3 Å². The number of hydrogen-bond acceptors (Lipinski definition) is 8. The number of aliphatic imine (C=N–C) groups is 1. The minimum Gasteiger partial charge on any atom is -0.508 e. The molecule has 0 amide bonds. The molecule has 0 radical (unpaired) electrons. The number of rotatable bonds is 9. The molecular formula is C44H55N5O3S2. The standard InChI is InChI=1S/C44H55N5O3S2/c1-5-7-33-11-13-38(53-33)39-14-15-40(54-39)41(52)35-12-10-29-22-44(35)23-31(43(26-44)17-16-28(21-43)25-46-3)8-6-9-34-30(19-36(29)49-42(45)47-4)18-32(51)20-37(34)48-24-27(2)50/h11,13-15,18,20,27-29,31,35-36,46,48,50-51H,8,10,12,16-17,19,21-26H2,1-4H3,(H3,45,47,49)/t27-,28+,29-,31+,35-,36-,43-,44-/m0/s1. The number of carbonyl (C=O) groups excluding carboxylic acids is 1. The highest BCUT2D eigenvalue weighted by molar-refractivity contribution is 7.23. The molecule has 2 heterocycles. The molecular weight excluding hydrogens is 711 g/mol. The van der Waals surface area contributed by atoms with Gasteiger partial charge in [0.25, 0.3) is 0 Å². The van der Waals surface area contributed by atoms with Gasteiger partial charge in [-0.1, -0.05) is 17.8 Å². The van der Waals surface area contributed by atoms with Crippen molar-refractivity contribution in [2.75, 3.05) is 32.5 Å². The summed E-state index contributed by atoms with van der Waals surface area (Å²) in [6.45, 7) is 4.97. The quantitative estimate of drug-likeness (QED) is 0.0586. The second-order valence-electron chi connectivity index (χ2n) is 16.5. The van der Waals surface area contributed by atoms with Crippen LogP contribution in [0.15, 0.2) is 41.4 Å². The number of phenols is 1. The lowest BCUT2D eigenvalue weighted by atomic mass is 9.58. The highest BCUT2D eigenvalue weighted by Crippen LogP contribution is 2.68. The van der Waals surface area contributed by atoms with Crippen LogP contribution in [0.5, 0.6) is 5.75 Å². The Morgan fingerprint density at radius 1 is 1.11 bits per heavy atom. The van der Waals surface area contributed by atoms with Crippen LogP contribution in [0.4, 0.5) is 5.69 Å². The number of hydrogen-bond donors (Lipinski definition) is 6. The van der Waals surface area contributed by atoms with Crippen LogP contribution in [-0.2, 0) is 6.42 Å². The average Bonchev–Trinajstić information content (AvgIpc) is 3.95. The third-order valence-electron chi connectivity index (χ3n) is 12.9. The van der Waals surface area contributed by atoms with E-state index in [1.165, 1.54) is 19.3 Å². The maximum absolute atomic E-state index is 15.0. The fourth-order valence-electron chi connectivity index (χ4n) is 10.7. The molecule has 10 heteroatoms. The number of thiophene rings is 2. The predicted octanol–water partition coefficient (Wildman–Crippen LogP) is 7.25. The van der Waals surface area contributed by atoms with Crippen molar-refractivity contribution in [2.45, 2.75) is 90.2 Å². The van der Waals surface area contributed by atoms with Crippen molar-refractivity contribution in [2.24, 2.45) is 45.2 Å². The van der Waals surface area contributed by atoms with E-state index in [0.29, 0.717) is 36.5 Å². The molecule has 3 aromatic rings. The van der Waals surface area contributed by atoms with Gasteiger partial charge in [-0.2, -0.15) is 0 Å². The summed E-state index contributed by atoms with van der Waals surface area (Å²) >= 11 is 3.31. The van der Waals surface area contributed by atoms with Crippen molar-refractivity contribution < 1.29 is 15.0 Å². The first kappa shape index (κ1) is 38.5. The van der Waals surface area contributed by atoms with Crippen LogP contribution in [0.1, 0.15) is 97.3 Å². The minimum absolute atomic E-state index is 0.0586. The normalized spacial score (nSPS) is 29.5. The number of fused-ring (bicyclic) bond motifs is 4. The van der Waals surface area contributed by atoms with Crippen LogP contribution < -0.4 is 21.7 Å². The number of nitrogens with zero attached hydrogens (tertiary/aromatic N) is 1. The van der Waals surface area contributed by atoms with Gasteiger partial charge in [-0.15, -0.1) is 28.6 Å². The largest absolute Gasteiger partial charge is 0.508 e. The summed E-state index contributed by atoms with van der Waals surface area (Å²) < 4.78 is 0. The van der Waals surface area contributed by atoms with Crippen LogP contribution in [0.25, 0.3) is 9.75 Å². The predicted molar refractivity (Wildman–Crippen MR) is 222 cm³/mol. The molecule has 7 N–H and O–H groups in total. The Morgan fingerprint density at radius 3 is 2.70 bits per heavy atom. The van der Waals surface area contributed by atoms with Crippen LogP contribution in [-0.4, -0.2) is 61.3 Å². The lowest BCUT2D eigenvalue weighted by Gasteiger charge is -2.47. The Bertz CT molecular complexity index is 2010. The van der Waals surface area contributed by atoms with Crippen LogP contribution in [0.2, 0.25) is 0 Å². The minimum atomic E-state index is -0.556. The third-order valence-corrected chi connectivity index (χ3v) is 15.2. The van der Waals surface area contributed by atoms with Gasteiger partial charge in [-0.05, 0) is 150 Å². The summed E-state index contributed by atoms with van der Waals surface area (Å²) in [5.74, 6) is 15.4. The molecule has 7 rings (SSSR count). The number of nitrogens with two attached hydrogens (primary N) is 1. The summed E-state index contributed by atoms with van der Waals surface area (Å²) in [5.41, 5.74) is 8.96. The molecule has 8 nitrogen and oxygen atoms in total. The first-order valence-corrected chi connectivity index (χ1v) is 21.3. The van der Waals surface area contributed by atoms with Gasteiger partial charge in [0.15, 0.2) is 11.7 Å². The zero-order chi connectivity index (χ0) is 38.0. The third kappa shape index (κ3) is 7.82. The Morgan fingerprint density at radius 2 is 1.93 bits per heavy atom. The molecule has 0 aliphatic heterocycles. The number of guanidine groups is 1. The van der Waals surface area contributed by atoms with Crippen molar-refractivity contribution in [1.82, 2.24) is 10.6 Å². The van der Waals surface area contributed by atoms with E-state index in [1.807, 2.05) is 13.0 Å². The van der Waals surface area contributed by atoms with E-state index in [0.717, 1.165) is 81.4 Å². The van der Waals surface area contributed by atoms with Crippen LogP contribution in [0.3, 0.4) is 0 Å². The lowest BCUT2D eigenvalue weighted by molar-refractivity contribution is 0.0336. The molecule has 4 aliphatic rings. The molecule has 2 aromatic heterocycles. The number of anilines is 1. The monoisotopic (exact) mass is 765 g/mol. The summed E-state index contributed by atoms with van der Waals surface area (Å²) in [6, 6.07) is 11.9. The summed E-state index contributed by atoms with van der Waals surface area (Å²) in [6.07, 6.45) is 9.07. The topological polar surface area (TPSA) is 132 Å². The van der Waals surface area contributed by atoms with Gasteiger partial charge in [-0.25, -0.2) is 0 Å². The molecule has 286 valence electrons. The molecule has 2 spiro atoms. The molecule has 54 heavy (non-hydrogen) atoms. The van der Waals surface area contributed by atoms with E-state index in [1.54, 1.807) is 42.7 Å². The number of nitrogens with one attached hydrogen (secondary N) is 3. The van der Waals surface area contributed by atoms with Gasteiger partial charge in [0.1, 0.15) is 5.75 Å². The maximum atomic E-state index is 15.0. The van der Waals surface area contributed by atoms with E-state index < -0.39 is 6.10 Å². The summed E-state index contributed by atoms with van der Waals surface area (Å²) in [5, 5.41) is 31.5. The summed E-state index contributed by atoms with van der Waals surface area (Å²) in [4.78, 5) is 23.5. The van der Waals surface area contributed by atoms with Crippen molar-refractivity contribution in [3.63, 3.8) is 0 Å². The Balaban J connectivity index is 1.30. The molecule has 8 atom stereocenters. The number of carbonyl (C=O) groups is 1. The van der Waals surface area contributed by atoms with Gasteiger partial charge in [0.05, 0.1) is 27.1 Å². The molecule has 0 unspecified atom stereocenters. The smallest absolute Gasteiger partial charge is 0.188 e. The molecule has 0 saturated heterocycles. The SMILES string of the molecule is CC#Cc1ccc(-c2ccc(C(=O)[C@@H]3CC[C@H]4C[C@@]35C[C@@H](CC#Cc3c(cc(O)cc3NC[C@H](C)O)C[C@@H]4NC(N)=NC)[C@]3(CC[C@@H](CNC)C3)C5)s2)s1. The molecule has 3 fully saturated rings. The van der Waals surface area contributed by atoms with Gasteiger partial charge in [0, 0.05) is 47.8 Å². The van der Waals surface area contributed by atoms with E-state index in [-0.39, 0.29) is 34.5 Å². The second-order valence-corrected chi connectivity index (χ2v) is 18.6.